The molecular weight excluding hydrogens is 346 g/mol. The Morgan fingerprint density at radius 2 is 1.61 bits per heavy atom. The van der Waals surface area contributed by atoms with Crippen LogP contribution < -0.4 is 4.74 Å². The van der Waals surface area contributed by atoms with Gasteiger partial charge in [0.05, 0.1) is 12.7 Å². The first-order valence-corrected chi connectivity index (χ1v) is 9.97. The Labute approximate surface area is 167 Å². The minimum absolute atomic E-state index is 0.100. The monoisotopic (exact) mass is 373 g/mol. The zero-order valence-electron chi connectivity index (χ0n) is 16.3. The number of morpholine rings is 1. The second-order valence-electron chi connectivity index (χ2n) is 7.28. The summed E-state index contributed by atoms with van der Waals surface area (Å²) in [5.74, 6) is 0.887. The van der Waals surface area contributed by atoms with Crippen LogP contribution in [0.5, 0.6) is 5.75 Å². The molecular formula is C25H27NO2. The van der Waals surface area contributed by atoms with Gasteiger partial charge in [-0.05, 0) is 35.7 Å². The summed E-state index contributed by atoms with van der Waals surface area (Å²) in [4.78, 5) is 2.50. The summed E-state index contributed by atoms with van der Waals surface area (Å²) in [5.41, 5.74) is 3.73. The molecule has 0 unspecified atom stereocenters. The lowest BCUT2D eigenvalue weighted by atomic mass is 10.0. The highest BCUT2D eigenvalue weighted by atomic mass is 16.5. The third-order valence-electron chi connectivity index (χ3n) is 5.43. The van der Waals surface area contributed by atoms with Crippen molar-refractivity contribution in [2.45, 2.75) is 25.7 Å². The van der Waals surface area contributed by atoms with Gasteiger partial charge in [0, 0.05) is 19.1 Å². The number of ether oxygens (including phenoxy) is 2. The molecule has 28 heavy (non-hydrogen) atoms. The van der Waals surface area contributed by atoms with E-state index in [1.54, 1.807) is 0 Å². The maximum Gasteiger partial charge on any atom is 0.119 e. The minimum atomic E-state index is 0.100. The van der Waals surface area contributed by atoms with E-state index in [9.17, 15) is 0 Å². The standard InChI is InChI=1S/C25H27NO2/c1-20(22-10-6-3-7-11-22)26-16-17-27-25(18-26)23-12-14-24(15-13-23)28-19-21-8-4-2-5-9-21/h2-15,20,25H,16-19H2,1H3/t20-,25+/m0/s1. The van der Waals surface area contributed by atoms with Crippen molar-refractivity contribution in [1.82, 2.24) is 4.90 Å². The van der Waals surface area contributed by atoms with E-state index in [-0.39, 0.29) is 6.10 Å². The molecule has 1 aliphatic heterocycles. The first-order valence-electron chi connectivity index (χ1n) is 9.97. The van der Waals surface area contributed by atoms with Gasteiger partial charge in [-0.2, -0.15) is 0 Å². The number of hydrogen-bond acceptors (Lipinski definition) is 3. The van der Waals surface area contributed by atoms with Crippen molar-refractivity contribution >= 4 is 0 Å². The van der Waals surface area contributed by atoms with Crippen LogP contribution in [0.2, 0.25) is 0 Å². The Morgan fingerprint density at radius 3 is 2.32 bits per heavy atom. The average molecular weight is 373 g/mol. The molecule has 1 aliphatic rings. The molecule has 0 saturated carbocycles. The number of hydrogen-bond donors (Lipinski definition) is 0. The molecule has 1 heterocycles. The van der Waals surface area contributed by atoms with Gasteiger partial charge in [-0.25, -0.2) is 0 Å². The average Bonchev–Trinajstić information content (AvgIpc) is 2.79. The third kappa shape index (κ3) is 4.61. The Morgan fingerprint density at radius 1 is 0.929 bits per heavy atom. The van der Waals surface area contributed by atoms with Gasteiger partial charge < -0.3 is 9.47 Å². The summed E-state index contributed by atoms with van der Waals surface area (Å²) in [7, 11) is 0. The summed E-state index contributed by atoms with van der Waals surface area (Å²) in [5, 5.41) is 0. The molecule has 3 nitrogen and oxygen atoms in total. The van der Waals surface area contributed by atoms with Crippen LogP contribution in [0.25, 0.3) is 0 Å². The molecule has 3 aromatic carbocycles. The predicted molar refractivity (Wildman–Crippen MR) is 112 cm³/mol. The Bertz CT molecular complexity index is 849. The highest BCUT2D eigenvalue weighted by Crippen LogP contribution is 2.29. The molecule has 0 amide bonds. The van der Waals surface area contributed by atoms with E-state index in [4.69, 9.17) is 9.47 Å². The van der Waals surface area contributed by atoms with Crippen molar-refractivity contribution in [2.24, 2.45) is 0 Å². The Balaban J connectivity index is 1.37. The molecule has 0 spiro atoms. The summed E-state index contributed by atoms with van der Waals surface area (Å²) in [6, 6.07) is 29.7. The maximum atomic E-state index is 6.07. The number of benzene rings is 3. The van der Waals surface area contributed by atoms with Crippen LogP contribution >= 0.6 is 0 Å². The van der Waals surface area contributed by atoms with Crippen LogP contribution in [0, 0.1) is 0 Å². The van der Waals surface area contributed by atoms with E-state index in [1.807, 2.05) is 30.3 Å². The van der Waals surface area contributed by atoms with E-state index in [0.29, 0.717) is 12.6 Å². The van der Waals surface area contributed by atoms with Crippen LogP contribution in [0.15, 0.2) is 84.9 Å². The smallest absolute Gasteiger partial charge is 0.119 e. The normalized spacial score (nSPS) is 18.5. The van der Waals surface area contributed by atoms with Gasteiger partial charge in [-0.1, -0.05) is 72.8 Å². The van der Waals surface area contributed by atoms with E-state index in [0.717, 1.165) is 25.4 Å². The van der Waals surface area contributed by atoms with Gasteiger partial charge in [0.25, 0.3) is 0 Å². The molecule has 1 saturated heterocycles. The van der Waals surface area contributed by atoms with E-state index in [2.05, 4.69) is 66.4 Å². The summed E-state index contributed by atoms with van der Waals surface area (Å²) in [6.45, 7) is 5.49. The van der Waals surface area contributed by atoms with Gasteiger partial charge >= 0.3 is 0 Å². The van der Waals surface area contributed by atoms with Crippen molar-refractivity contribution in [1.29, 1.82) is 0 Å². The molecule has 0 aliphatic carbocycles. The van der Waals surface area contributed by atoms with Gasteiger partial charge in [0.1, 0.15) is 12.4 Å². The molecule has 3 aromatic rings. The number of nitrogens with zero attached hydrogens (tertiary/aromatic N) is 1. The lowest BCUT2D eigenvalue weighted by molar-refractivity contribution is -0.0431. The maximum absolute atomic E-state index is 6.07. The molecule has 144 valence electrons. The molecule has 3 heteroatoms. The zero-order valence-corrected chi connectivity index (χ0v) is 16.3. The van der Waals surface area contributed by atoms with Gasteiger partial charge in [0.15, 0.2) is 0 Å². The molecule has 0 aromatic heterocycles. The molecule has 4 rings (SSSR count). The van der Waals surface area contributed by atoms with Crippen molar-refractivity contribution in [3.05, 3.63) is 102 Å². The van der Waals surface area contributed by atoms with E-state index >= 15 is 0 Å². The topological polar surface area (TPSA) is 21.7 Å². The van der Waals surface area contributed by atoms with Crippen LogP contribution in [0.3, 0.4) is 0 Å². The van der Waals surface area contributed by atoms with Crippen LogP contribution in [0.4, 0.5) is 0 Å². The first-order chi connectivity index (χ1) is 13.8. The molecule has 1 fully saturated rings. The van der Waals surface area contributed by atoms with Crippen molar-refractivity contribution in [2.75, 3.05) is 19.7 Å². The van der Waals surface area contributed by atoms with Gasteiger partial charge in [0.2, 0.25) is 0 Å². The minimum Gasteiger partial charge on any atom is -0.489 e. The molecule has 2 atom stereocenters. The highest BCUT2D eigenvalue weighted by Gasteiger charge is 2.25. The fraction of sp³-hybridized carbons (Fsp3) is 0.280. The van der Waals surface area contributed by atoms with Crippen LogP contribution in [0.1, 0.15) is 35.8 Å². The van der Waals surface area contributed by atoms with Crippen molar-refractivity contribution in [3.8, 4) is 5.75 Å². The molecule has 0 N–H and O–H groups in total. The largest absolute Gasteiger partial charge is 0.489 e. The fourth-order valence-corrected chi connectivity index (χ4v) is 3.68. The molecule has 0 bridgehead atoms. The quantitative estimate of drug-likeness (QED) is 0.577. The van der Waals surface area contributed by atoms with E-state index in [1.165, 1.54) is 16.7 Å². The van der Waals surface area contributed by atoms with E-state index < -0.39 is 0 Å². The summed E-state index contributed by atoms with van der Waals surface area (Å²) in [6.07, 6.45) is 0.100. The predicted octanol–water partition coefficient (Wildman–Crippen LogP) is 5.40. The lowest BCUT2D eigenvalue weighted by Crippen LogP contribution is -2.39. The Kier molecular flexibility index (Phi) is 6.05. The third-order valence-corrected chi connectivity index (χ3v) is 5.43. The van der Waals surface area contributed by atoms with Gasteiger partial charge in [-0.15, -0.1) is 0 Å². The summed E-state index contributed by atoms with van der Waals surface area (Å²) >= 11 is 0. The second-order valence-corrected chi connectivity index (χ2v) is 7.28. The van der Waals surface area contributed by atoms with Crippen molar-refractivity contribution < 1.29 is 9.47 Å². The summed E-state index contributed by atoms with van der Waals surface area (Å²) < 4.78 is 12.0. The highest BCUT2D eigenvalue weighted by molar-refractivity contribution is 5.29. The van der Waals surface area contributed by atoms with Crippen molar-refractivity contribution in [3.63, 3.8) is 0 Å². The zero-order chi connectivity index (χ0) is 19.2. The SMILES string of the molecule is C[C@@H](c1ccccc1)N1CCO[C@@H](c2ccc(OCc3ccccc3)cc2)C1. The second kappa shape index (κ2) is 9.05. The lowest BCUT2D eigenvalue weighted by Gasteiger charge is -2.37. The fourth-order valence-electron chi connectivity index (χ4n) is 3.68. The van der Waals surface area contributed by atoms with Crippen LogP contribution in [-0.4, -0.2) is 24.6 Å². The molecule has 0 radical (unpaired) electrons. The number of rotatable bonds is 6. The Hall–Kier alpha value is -2.62. The van der Waals surface area contributed by atoms with Crippen LogP contribution in [-0.2, 0) is 11.3 Å². The van der Waals surface area contributed by atoms with Gasteiger partial charge in [-0.3, -0.25) is 4.90 Å². The first kappa shape index (κ1) is 18.7.